The summed E-state index contributed by atoms with van der Waals surface area (Å²) in [5, 5.41) is 12.3. The number of nitrogens with zero attached hydrogens (tertiary/aromatic N) is 5. The first-order chi connectivity index (χ1) is 19.9. The van der Waals surface area contributed by atoms with E-state index in [4.69, 9.17) is 21.3 Å². The predicted molar refractivity (Wildman–Crippen MR) is 158 cm³/mol. The summed E-state index contributed by atoms with van der Waals surface area (Å²) in [6, 6.07) is 5.43. The Morgan fingerprint density at radius 1 is 1.15 bits per heavy atom. The molecule has 2 aromatic carbocycles. The monoisotopic (exact) mass is 575 g/mol. The van der Waals surface area contributed by atoms with Crippen LogP contribution in [0.1, 0.15) is 25.3 Å². The number of likely N-dealkylation sites (tertiary alicyclic amines) is 1. The lowest BCUT2D eigenvalue weighted by atomic mass is 9.93. The van der Waals surface area contributed by atoms with Gasteiger partial charge in [-0.25, -0.2) is 9.37 Å². The number of rotatable bonds is 3. The summed E-state index contributed by atoms with van der Waals surface area (Å²) in [6.07, 6.45) is 3.78. The first-order valence-electron chi connectivity index (χ1n) is 14.4. The molecule has 11 heteroatoms. The van der Waals surface area contributed by atoms with Crippen molar-refractivity contribution in [2.75, 3.05) is 49.1 Å². The van der Waals surface area contributed by atoms with Crippen LogP contribution in [-0.2, 0) is 4.79 Å². The molecular weight excluding hydrogens is 545 g/mol. The van der Waals surface area contributed by atoms with Gasteiger partial charge in [0.15, 0.2) is 5.82 Å². The zero-order valence-electron chi connectivity index (χ0n) is 23.0. The molecule has 1 amide bonds. The number of ether oxygens (including phenoxy) is 1. The second kappa shape index (κ2) is 9.27. The van der Waals surface area contributed by atoms with Crippen LogP contribution < -0.4 is 19.9 Å². The molecule has 2 saturated heterocycles. The van der Waals surface area contributed by atoms with Crippen molar-refractivity contribution in [1.82, 2.24) is 25.4 Å². The highest BCUT2D eigenvalue weighted by molar-refractivity contribution is 6.35. The summed E-state index contributed by atoms with van der Waals surface area (Å²) in [4.78, 5) is 25.0. The molecule has 212 valence electrons. The molecule has 0 bridgehead atoms. The summed E-state index contributed by atoms with van der Waals surface area (Å²) in [6.45, 7) is 8.33. The first kappa shape index (κ1) is 25.3. The standard InChI is InChI=1S/C30H31ClFN7O2/c1-15-5-6-21-19(10-34-36-21)23(15)24-20(31)9-18-26(25(24)32)35-29-28-27(18)38-12-16(2)33-11-22(38)30(40)39(28)14-17(41-29)13-37-7-3-4-8-37/h5-6,9-10,16-17,22,33H,3-4,7-8,11-14H2,1-2H3,(H,34,36)/t16-,17-,22-/m1/s1. The van der Waals surface area contributed by atoms with Gasteiger partial charge in [0.25, 0.3) is 5.91 Å². The quantitative estimate of drug-likeness (QED) is 0.377. The van der Waals surface area contributed by atoms with Crippen LogP contribution in [-0.4, -0.2) is 83.4 Å². The summed E-state index contributed by atoms with van der Waals surface area (Å²) >= 11 is 6.95. The van der Waals surface area contributed by atoms with E-state index in [1.165, 1.54) is 0 Å². The number of carbonyl (C=O) groups is 1. The van der Waals surface area contributed by atoms with E-state index in [1.807, 2.05) is 30.0 Å². The predicted octanol–water partition coefficient (Wildman–Crippen LogP) is 4.25. The van der Waals surface area contributed by atoms with E-state index in [9.17, 15) is 4.79 Å². The molecule has 0 aliphatic carbocycles. The molecule has 4 aliphatic rings. The van der Waals surface area contributed by atoms with E-state index in [0.29, 0.717) is 54.3 Å². The molecule has 0 saturated carbocycles. The third-order valence-electron chi connectivity index (χ3n) is 9.11. The van der Waals surface area contributed by atoms with Crippen LogP contribution in [0.2, 0.25) is 5.02 Å². The molecule has 2 N–H and O–H groups in total. The van der Waals surface area contributed by atoms with Crippen molar-refractivity contribution in [2.45, 2.75) is 44.9 Å². The van der Waals surface area contributed by atoms with Gasteiger partial charge in [-0.3, -0.25) is 14.8 Å². The molecule has 9 nitrogen and oxygen atoms in total. The Balaban J connectivity index is 1.37. The van der Waals surface area contributed by atoms with Gasteiger partial charge in [0.2, 0.25) is 5.88 Å². The van der Waals surface area contributed by atoms with Crippen molar-refractivity contribution in [2.24, 2.45) is 0 Å². The van der Waals surface area contributed by atoms with Gasteiger partial charge in [-0.15, -0.1) is 0 Å². The highest BCUT2D eigenvalue weighted by atomic mass is 35.5. The number of H-pyrrole nitrogens is 1. The Hall–Kier alpha value is -3.47. The maximum absolute atomic E-state index is 16.9. The van der Waals surface area contributed by atoms with Gasteiger partial charge < -0.3 is 19.9 Å². The van der Waals surface area contributed by atoms with Gasteiger partial charge >= 0.3 is 0 Å². The molecule has 4 aliphatic heterocycles. The lowest BCUT2D eigenvalue weighted by molar-refractivity contribution is -0.121. The van der Waals surface area contributed by atoms with Gasteiger partial charge in [0.1, 0.15) is 23.3 Å². The van der Waals surface area contributed by atoms with Gasteiger partial charge in [-0.1, -0.05) is 17.7 Å². The van der Waals surface area contributed by atoms with Crippen LogP contribution in [0.25, 0.3) is 32.9 Å². The van der Waals surface area contributed by atoms with Crippen molar-refractivity contribution < 1.29 is 13.9 Å². The topological polar surface area (TPSA) is 89.6 Å². The fraction of sp³-hybridized carbons (Fsp3) is 0.433. The fourth-order valence-electron chi connectivity index (χ4n) is 7.18. The second-order valence-electron chi connectivity index (χ2n) is 11.8. The van der Waals surface area contributed by atoms with Crippen LogP contribution >= 0.6 is 11.6 Å². The van der Waals surface area contributed by atoms with E-state index < -0.39 is 11.9 Å². The van der Waals surface area contributed by atoms with Crippen molar-refractivity contribution in [3.63, 3.8) is 0 Å². The summed E-state index contributed by atoms with van der Waals surface area (Å²) < 4.78 is 23.4. The zero-order valence-corrected chi connectivity index (χ0v) is 23.8. The highest BCUT2D eigenvalue weighted by Gasteiger charge is 2.47. The Morgan fingerprint density at radius 2 is 1.98 bits per heavy atom. The fourth-order valence-corrected chi connectivity index (χ4v) is 7.47. The average molecular weight is 576 g/mol. The van der Waals surface area contributed by atoms with Crippen LogP contribution in [0.15, 0.2) is 24.4 Å². The van der Waals surface area contributed by atoms with E-state index in [2.05, 4.69) is 32.2 Å². The lowest BCUT2D eigenvalue weighted by Gasteiger charge is -2.49. The zero-order chi connectivity index (χ0) is 28.0. The molecule has 0 radical (unpaired) electrons. The van der Waals surface area contributed by atoms with E-state index in [-0.39, 0.29) is 28.6 Å². The van der Waals surface area contributed by atoms with Gasteiger partial charge in [-0.2, -0.15) is 5.10 Å². The van der Waals surface area contributed by atoms with Crippen molar-refractivity contribution in [3.8, 4) is 17.0 Å². The molecular formula is C30H31ClFN7O2. The number of halogens is 2. The summed E-state index contributed by atoms with van der Waals surface area (Å²) in [5.74, 6) is -0.164. The van der Waals surface area contributed by atoms with Crippen molar-refractivity contribution in [3.05, 3.63) is 40.8 Å². The van der Waals surface area contributed by atoms with Gasteiger partial charge in [0.05, 0.1) is 29.0 Å². The number of hydrogen-bond donors (Lipinski definition) is 2. The average Bonchev–Trinajstić information content (AvgIpc) is 3.64. The third-order valence-corrected chi connectivity index (χ3v) is 9.41. The molecule has 3 atom stereocenters. The molecule has 41 heavy (non-hydrogen) atoms. The minimum absolute atomic E-state index is 0.0273. The number of aryl methyl sites for hydroxylation is 1. The van der Waals surface area contributed by atoms with Crippen LogP contribution in [0.5, 0.6) is 5.88 Å². The number of nitrogens with one attached hydrogen (secondary N) is 2. The Kier molecular flexibility index (Phi) is 5.71. The Morgan fingerprint density at radius 3 is 2.80 bits per heavy atom. The number of piperazine rings is 1. The molecule has 0 spiro atoms. The number of aromatic amines is 1. The number of anilines is 2. The smallest absolute Gasteiger partial charge is 0.251 e. The van der Waals surface area contributed by atoms with E-state index in [0.717, 1.165) is 48.1 Å². The minimum Gasteiger partial charge on any atom is -0.470 e. The number of fused-ring (bicyclic) bond motifs is 5. The van der Waals surface area contributed by atoms with Gasteiger partial charge in [-0.05, 0) is 57.5 Å². The minimum atomic E-state index is -0.503. The normalized spacial score (nSPS) is 24.2. The maximum atomic E-state index is 16.9. The number of aromatic nitrogens is 3. The van der Waals surface area contributed by atoms with Crippen molar-refractivity contribution in [1.29, 1.82) is 0 Å². The Labute approximate surface area is 241 Å². The number of benzene rings is 2. The lowest BCUT2D eigenvalue weighted by Crippen LogP contribution is -2.66. The molecule has 2 fully saturated rings. The van der Waals surface area contributed by atoms with Gasteiger partial charge in [0, 0.05) is 47.6 Å². The Bertz CT molecular complexity index is 1740. The van der Waals surface area contributed by atoms with Crippen LogP contribution in [0, 0.1) is 12.7 Å². The number of pyridine rings is 1. The summed E-state index contributed by atoms with van der Waals surface area (Å²) in [7, 11) is 0. The molecule has 4 aromatic rings. The maximum Gasteiger partial charge on any atom is 0.251 e. The van der Waals surface area contributed by atoms with Crippen molar-refractivity contribution >= 4 is 50.7 Å². The molecule has 2 aromatic heterocycles. The third kappa shape index (κ3) is 3.77. The molecule has 8 rings (SSSR count). The first-order valence-corrected chi connectivity index (χ1v) is 14.8. The summed E-state index contributed by atoms with van der Waals surface area (Å²) in [5.41, 5.74) is 4.26. The number of hydrogen-bond acceptors (Lipinski definition) is 7. The van der Waals surface area contributed by atoms with Crippen LogP contribution in [0.4, 0.5) is 15.8 Å². The SMILES string of the molecule is Cc1ccc2[nH]ncc2c1-c1c(Cl)cc2c3c4c(nc2c1F)O[C@H](CN1CCCC1)CN4C(=O)[C@H]1CN[C@H](C)CN31. The molecule has 0 unspecified atom stereocenters. The largest absolute Gasteiger partial charge is 0.470 e. The number of carbonyl (C=O) groups excluding carboxylic acids is 1. The van der Waals surface area contributed by atoms with E-state index in [1.54, 1.807) is 6.20 Å². The highest BCUT2D eigenvalue weighted by Crippen LogP contribution is 2.51. The van der Waals surface area contributed by atoms with Crippen LogP contribution in [0.3, 0.4) is 0 Å². The number of amides is 1. The second-order valence-corrected chi connectivity index (χ2v) is 12.2. The molecule has 6 heterocycles. The van der Waals surface area contributed by atoms with E-state index >= 15 is 4.39 Å².